The average Bonchev–Trinajstić information content (AvgIpc) is 2.73. The van der Waals surface area contributed by atoms with Gasteiger partial charge in [-0.25, -0.2) is 0 Å². The van der Waals surface area contributed by atoms with Gasteiger partial charge in [-0.2, -0.15) is 0 Å². The molecule has 0 spiro atoms. The maximum absolute atomic E-state index is 12.5. The zero-order valence-corrected chi connectivity index (χ0v) is 17.9. The number of carbonyl (C=O) groups excluding carboxylic acids is 1. The van der Waals surface area contributed by atoms with Crippen LogP contribution in [-0.2, 0) is 11.2 Å². The largest absolute Gasteiger partial charge is 0.497 e. The van der Waals surface area contributed by atoms with Gasteiger partial charge in [0.2, 0.25) is 5.91 Å². The van der Waals surface area contributed by atoms with Gasteiger partial charge in [0.05, 0.1) is 7.11 Å². The highest BCUT2D eigenvalue weighted by atomic mass is 79.9. The minimum Gasteiger partial charge on any atom is -0.497 e. The van der Waals surface area contributed by atoms with E-state index in [1.165, 1.54) is 0 Å². The fourth-order valence-electron chi connectivity index (χ4n) is 3.27. The summed E-state index contributed by atoms with van der Waals surface area (Å²) in [7, 11) is 1.66. The third-order valence-corrected chi connectivity index (χ3v) is 5.48. The first-order chi connectivity index (χ1) is 13.6. The zero-order valence-electron chi connectivity index (χ0n) is 16.3. The Balaban J connectivity index is 1.34. The van der Waals surface area contributed by atoms with Crippen molar-refractivity contribution in [3.8, 4) is 11.5 Å². The molecule has 1 aliphatic rings. The van der Waals surface area contributed by atoms with E-state index >= 15 is 0 Å². The molecule has 150 valence electrons. The molecule has 0 unspecified atom stereocenters. The second-order valence-corrected chi connectivity index (χ2v) is 7.79. The van der Waals surface area contributed by atoms with E-state index < -0.39 is 0 Å². The van der Waals surface area contributed by atoms with Crippen LogP contribution in [0.1, 0.15) is 12.0 Å². The monoisotopic (exact) mass is 446 g/mol. The summed E-state index contributed by atoms with van der Waals surface area (Å²) in [5, 5.41) is 0. The smallest absolute Gasteiger partial charge is 0.222 e. The summed E-state index contributed by atoms with van der Waals surface area (Å²) >= 11 is 3.45. The first-order valence-electron chi connectivity index (χ1n) is 9.65. The summed E-state index contributed by atoms with van der Waals surface area (Å²) in [6.07, 6.45) is 1.32. The highest BCUT2D eigenvalue weighted by Crippen LogP contribution is 2.18. The lowest BCUT2D eigenvalue weighted by Gasteiger charge is -2.34. The first kappa shape index (κ1) is 20.7. The Morgan fingerprint density at radius 2 is 1.79 bits per heavy atom. The lowest BCUT2D eigenvalue weighted by Crippen LogP contribution is -2.49. The number of methoxy groups -OCH3 is 1. The minimum absolute atomic E-state index is 0.237. The van der Waals surface area contributed by atoms with Crippen molar-refractivity contribution in [2.24, 2.45) is 0 Å². The van der Waals surface area contributed by atoms with Gasteiger partial charge >= 0.3 is 0 Å². The van der Waals surface area contributed by atoms with Crippen LogP contribution in [0.25, 0.3) is 0 Å². The molecule has 1 fully saturated rings. The third-order valence-electron chi connectivity index (χ3n) is 4.98. The molecule has 5 nitrogen and oxygen atoms in total. The average molecular weight is 447 g/mol. The Kier molecular flexibility index (Phi) is 7.74. The lowest BCUT2D eigenvalue weighted by molar-refractivity contribution is -0.132. The molecule has 0 aromatic heterocycles. The number of benzene rings is 2. The number of aryl methyl sites for hydroxylation is 1. The first-order valence-corrected chi connectivity index (χ1v) is 10.4. The Hall–Kier alpha value is -2.05. The molecule has 2 aromatic carbocycles. The van der Waals surface area contributed by atoms with Gasteiger partial charge in [-0.1, -0.05) is 34.1 Å². The van der Waals surface area contributed by atoms with Gasteiger partial charge in [-0.3, -0.25) is 9.69 Å². The van der Waals surface area contributed by atoms with Crippen molar-refractivity contribution in [1.29, 1.82) is 0 Å². The molecule has 0 radical (unpaired) electrons. The van der Waals surface area contributed by atoms with Crippen LogP contribution in [0, 0.1) is 0 Å². The van der Waals surface area contributed by atoms with Crippen molar-refractivity contribution >= 4 is 21.8 Å². The van der Waals surface area contributed by atoms with E-state index in [4.69, 9.17) is 9.47 Å². The Bertz CT molecular complexity index is 759. The highest BCUT2D eigenvalue weighted by molar-refractivity contribution is 9.10. The molecule has 2 aromatic rings. The summed E-state index contributed by atoms with van der Waals surface area (Å²) in [4.78, 5) is 16.8. The second kappa shape index (κ2) is 10.5. The molecule has 1 heterocycles. The molecule has 0 saturated carbocycles. The van der Waals surface area contributed by atoms with Gasteiger partial charge in [0.25, 0.3) is 0 Å². The summed E-state index contributed by atoms with van der Waals surface area (Å²) < 4.78 is 12.0. The maximum Gasteiger partial charge on any atom is 0.222 e. The van der Waals surface area contributed by atoms with Crippen molar-refractivity contribution in [1.82, 2.24) is 9.80 Å². The van der Waals surface area contributed by atoms with Gasteiger partial charge in [0.1, 0.15) is 18.1 Å². The van der Waals surface area contributed by atoms with Gasteiger partial charge in [-0.05, 0) is 42.3 Å². The normalized spacial score (nSPS) is 14.7. The molecule has 0 aliphatic carbocycles. The van der Waals surface area contributed by atoms with Crippen LogP contribution in [0.4, 0.5) is 0 Å². The topological polar surface area (TPSA) is 42.0 Å². The summed E-state index contributed by atoms with van der Waals surface area (Å²) in [6.45, 7) is 4.91. The number of hydrogen-bond donors (Lipinski definition) is 0. The van der Waals surface area contributed by atoms with E-state index in [0.29, 0.717) is 13.0 Å². The summed E-state index contributed by atoms with van der Waals surface area (Å²) in [6, 6.07) is 15.8. The SMILES string of the molecule is COc1ccc(CCC(=O)N2CCN(CCOc3cccc(Br)c3)CC2)cc1. The molecule has 6 heteroatoms. The zero-order chi connectivity index (χ0) is 19.8. The van der Waals surface area contributed by atoms with Gasteiger partial charge in [-0.15, -0.1) is 0 Å². The number of halogens is 1. The fourth-order valence-corrected chi connectivity index (χ4v) is 3.65. The Labute approximate surface area is 175 Å². The number of hydrogen-bond acceptors (Lipinski definition) is 4. The predicted octanol–water partition coefficient (Wildman–Crippen LogP) is 3.61. The molecular formula is C22H27BrN2O3. The molecule has 0 N–H and O–H groups in total. The quantitative estimate of drug-likeness (QED) is 0.620. The van der Waals surface area contributed by atoms with Crippen molar-refractivity contribution in [2.45, 2.75) is 12.8 Å². The molecule has 0 atom stereocenters. The molecule has 3 rings (SSSR count). The van der Waals surface area contributed by atoms with Crippen LogP contribution in [0.2, 0.25) is 0 Å². The fraction of sp³-hybridized carbons (Fsp3) is 0.409. The van der Waals surface area contributed by atoms with Crippen molar-refractivity contribution in [3.05, 3.63) is 58.6 Å². The van der Waals surface area contributed by atoms with Crippen LogP contribution >= 0.6 is 15.9 Å². The van der Waals surface area contributed by atoms with Crippen LogP contribution < -0.4 is 9.47 Å². The number of carbonyl (C=O) groups is 1. The third kappa shape index (κ3) is 6.24. The van der Waals surface area contributed by atoms with E-state index in [1.54, 1.807) is 7.11 Å². The maximum atomic E-state index is 12.5. The van der Waals surface area contributed by atoms with E-state index in [9.17, 15) is 4.79 Å². The van der Waals surface area contributed by atoms with Gasteiger partial charge in [0.15, 0.2) is 0 Å². The van der Waals surface area contributed by atoms with Gasteiger partial charge in [0, 0.05) is 43.6 Å². The molecule has 1 saturated heterocycles. The van der Waals surface area contributed by atoms with E-state index in [2.05, 4.69) is 20.8 Å². The standard InChI is InChI=1S/C22H27BrN2O3/c1-27-20-8-5-18(6-9-20)7-10-22(26)25-13-11-24(12-14-25)15-16-28-21-4-2-3-19(23)17-21/h2-6,8-9,17H,7,10-16H2,1H3. The predicted molar refractivity (Wildman–Crippen MR) is 114 cm³/mol. The number of piperazine rings is 1. The van der Waals surface area contributed by atoms with Crippen molar-refractivity contribution in [3.63, 3.8) is 0 Å². The number of nitrogens with zero attached hydrogens (tertiary/aromatic N) is 2. The van der Waals surface area contributed by atoms with Crippen LogP contribution in [0.3, 0.4) is 0 Å². The molecule has 28 heavy (non-hydrogen) atoms. The Morgan fingerprint density at radius 1 is 1.04 bits per heavy atom. The minimum atomic E-state index is 0.237. The molecule has 1 amide bonds. The number of rotatable bonds is 8. The number of ether oxygens (including phenoxy) is 2. The van der Waals surface area contributed by atoms with E-state index in [0.717, 1.165) is 60.7 Å². The van der Waals surface area contributed by atoms with Crippen molar-refractivity contribution in [2.75, 3.05) is 46.4 Å². The number of amides is 1. The Morgan fingerprint density at radius 3 is 2.46 bits per heavy atom. The second-order valence-electron chi connectivity index (χ2n) is 6.88. The molecular weight excluding hydrogens is 420 g/mol. The van der Waals surface area contributed by atoms with Crippen LogP contribution in [0.5, 0.6) is 11.5 Å². The lowest BCUT2D eigenvalue weighted by atomic mass is 10.1. The van der Waals surface area contributed by atoms with Crippen LogP contribution in [0.15, 0.2) is 53.0 Å². The van der Waals surface area contributed by atoms with Crippen molar-refractivity contribution < 1.29 is 14.3 Å². The van der Waals surface area contributed by atoms with Crippen LogP contribution in [-0.4, -0.2) is 62.1 Å². The summed E-state index contributed by atoms with van der Waals surface area (Å²) in [5.74, 6) is 1.96. The van der Waals surface area contributed by atoms with Gasteiger partial charge < -0.3 is 14.4 Å². The highest BCUT2D eigenvalue weighted by Gasteiger charge is 2.20. The van der Waals surface area contributed by atoms with E-state index in [1.807, 2.05) is 53.4 Å². The molecule has 0 bridgehead atoms. The van der Waals surface area contributed by atoms with E-state index in [-0.39, 0.29) is 5.91 Å². The summed E-state index contributed by atoms with van der Waals surface area (Å²) in [5.41, 5.74) is 1.16. The molecule has 1 aliphatic heterocycles.